The van der Waals surface area contributed by atoms with E-state index < -0.39 is 0 Å². The van der Waals surface area contributed by atoms with E-state index in [4.69, 9.17) is 16.9 Å². The monoisotopic (exact) mass is 240 g/mol. The lowest BCUT2D eigenvalue weighted by atomic mass is 10.1. The zero-order valence-electron chi connectivity index (χ0n) is 9.67. The Bertz CT molecular complexity index is 425. The van der Waals surface area contributed by atoms with Crippen molar-refractivity contribution in [2.45, 2.75) is 13.8 Å². The van der Waals surface area contributed by atoms with E-state index in [1.54, 1.807) is 28.1 Å². The molecule has 0 aromatic carbocycles. The lowest BCUT2D eigenvalue weighted by Crippen LogP contribution is -1.99. The van der Waals surface area contributed by atoms with Crippen LogP contribution in [0, 0.1) is 25.2 Å². The first kappa shape index (κ1) is 14.6. The average molecular weight is 241 g/mol. The Morgan fingerprint density at radius 1 is 1.38 bits per heavy atom. The Morgan fingerprint density at radius 3 is 2.25 bits per heavy atom. The lowest BCUT2D eigenvalue weighted by Gasteiger charge is -2.05. The first-order chi connectivity index (χ1) is 7.53. The summed E-state index contributed by atoms with van der Waals surface area (Å²) in [6, 6.07) is 1.83. The molecule has 0 aliphatic rings. The standard InChI is InChI=1S/C9H7ClN2O.C2H6O/c1-5-6(2)9(10)12-8(3-11)7(5)4-13;1-3-2/h4H,1-2H3;1-2H3. The molecule has 0 radical (unpaired) electrons. The van der Waals surface area contributed by atoms with Gasteiger partial charge in [0.25, 0.3) is 0 Å². The number of carbonyl (C=O) groups excluding carboxylic acids is 1. The van der Waals surface area contributed by atoms with Crippen LogP contribution < -0.4 is 0 Å². The number of aromatic nitrogens is 1. The number of rotatable bonds is 1. The second-order valence-electron chi connectivity index (χ2n) is 3.05. The van der Waals surface area contributed by atoms with Crippen molar-refractivity contribution in [2.24, 2.45) is 0 Å². The molecular weight excluding hydrogens is 228 g/mol. The van der Waals surface area contributed by atoms with Crippen molar-refractivity contribution in [1.29, 1.82) is 5.26 Å². The number of hydrogen-bond donors (Lipinski definition) is 0. The molecular formula is C11H13ClN2O2. The molecule has 0 N–H and O–H groups in total. The molecule has 1 aromatic heterocycles. The van der Waals surface area contributed by atoms with E-state index in [0.29, 0.717) is 17.4 Å². The van der Waals surface area contributed by atoms with Gasteiger partial charge in [0.1, 0.15) is 11.2 Å². The maximum atomic E-state index is 10.6. The molecule has 0 amide bonds. The third-order valence-corrected chi connectivity index (χ3v) is 2.33. The van der Waals surface area contributed by atoms with Gasteiger partial charge in [-0.2, -0.15) is 5.26 Å². The summed E-state index contributed by atoms with van der Waals surface area (Å²) in [6.45, 7) is 3.51. The van der Waals surface area contributed by atoms with Gasteiger partial charge in [0, 0.05) is 14.2 Å². The number of nitrogens with zero attached hydrogens (tertiary/aromatic N) is 2. The van der Waals surface area contributed by atoms with Crippen LogP contribution in [0.5, 0.6) is 0 Å². The molecule has 0 fully saturated rings. The molecule has 4 nitrogen and oxygen atoms in total. The number of carbonyl (C=O) groups is 1. The van der Waals surface area contributed by atoms with Gasteiger partial charge < -0.3 is 4.74 Å². The maximum absolute atomic E-state index is 10.6. The lowest BCUT2D eigenvalue weighted by molar-refractivity contribution is 0.112. The number of hydrogen-bond acceptors (Lipinski definition) is 4. The molecule has 0 spiro atoms. The molecule has 0 atom stereocenters. The minimum Gasteiger partial charge on any atom is -0.388 e. The number of halogens is 1. The molecule has 0 saturated heterocycles. The Hall–Kier alpha value is -1.44. The van der Waals surface area contributed by atoms with E-state index in [9.17, 15) is 4.79 Å². The summed E-state index contributed by atoms with van der Waals surface area (Å²) in [6.07, 6.45) is 0.629. The SMILES string of the molecule is COC.Cc1c(Cl)nc(C#N)c(C=O)c1C. The van der Waals surface area contributed by atoms with Crippen LogP contribution in [0.1, 0.15) is 27.2 Å². The Balaban J connectivity index is 0.000000673. The molecule has 0 bridgehead atoms. The van der Waals surface area contributed by atoms with Crippen molar-refractivity contribution in [1.82, 2.24) is 4.98 Å². The molecule has 0 saturated carbocycles. The van der Waals surface area contributed by atoms with E-state index >= 15 is 0 Å². The largest absolute Gasteiger partial charge is 0.388 e. The van der Waals surface area contributed by atoms with Gasteiger partial charge in [-0.15, -0.1) is 0 Å². The molecule has 16 heavy (non-hydrogen) atoms. The number of nitriles is 1. The number of pyridine rings is 1. The molecule has 1 rings (SSSR count). The van der Waals surface area contributed by atoms with E-state index in [1.165, 1.54) is 0 Å². The van der Waals surface area contributed by atoms with E-state index in [2.05, 4.69) is 9.72 Å². The fraction of sp³-hybridized carbons (Fsp3) is 0.364. The maximum Gasteiger partial charge on any atom is 0.153 e. The van der Waals surface area contributed by atoms with Gasteiger partial charge in [0.05, 0.1) is 5.56 Å². The molecule has 86 valence electrons. The summed E-state index contributed by atoms with van der Waals surface area (Å²) in [5.74, 6) is 0. The van der Waals surface area contributed by atoms with Crippen molar-refractivity contribution in [3.05, 3.63) is 27.5 Å². The summed E-state index contributed by atoms with van der Waals surface area (Å²) in [5.41, 5.74) is 1.86. The fourth-order valence-electron chi connectivity index (χ4n) is 1.01. The Labute approximate surface area is 99.8 Å². The van der Waals surface area contributed by atoms with Crippen LogP contribution in [0.2, 0.25) is 5.15 Å². The fourth-order valence-corrected chi connectivity index (χ4v) is 1.23. The summed E-state index contributed by atoms with van der Waals surface area (Å²) >= 11 is 5.75. The topological polar surface area (TPSA) is 63.0 Å². The highest BCUT2D eigenvalue weighted by Gasteiger charge is 2.11. The highest BCUT2D eigenvalue weighted by molar-refractivity contribution is 6.30. The van der Waals surface area contributed by atoms with Crippen molar-refractivity contribution in [2.75, 3.05) is 14.2 Å². The molecule has 0 aliphatic carbocycles. The van der Waals surface area contributed by atoms with Crippen molar-refractivity contribution >= 4 is 17.9 Å². The smallest absolute Gasteiger partial charge is 0.153 e. The third-order valence-electron chi connectivity index (χ3n) is 1.96. The first-order valence-electron chi connectivity index (χ1n) is 4.45. The van der Waals surface area contributed by atoms with Crippen LogP contribution in [0.25, 0.3) is 0 Å². The summed E-state index contributed by atoms with van der Waals surface area (Å²) in [5, 5.41) is 8.94. The Morgan fingerprint density at radius 2 is 1.88 bits per heavy atom. The quantitative estimate of drug-likeness (QED) is 0.558. The van der Waals surface area contributed by atoms with Crippen LogP contribution in [0.3, 0.4) is 0 Å². The van der Waals surface area contributed by atoms with Gasteiger partial charge in [-0.3, -0.25) is 4.79 Å². The number of ether oxygens (including phenoxy) is 1. The van der Waals surface area contributed by atoms with Crippen LogP contribution in [0.15, 0.2) is 0 Å². The zero-order valence-corrected chi connectivity index (χ0v) is 10.4. The molecule has 1 aromatic rings. The molecule has 1 heterocycles. The molecule has 0 aliphatic heterocycles. The van der Waals surface area contributed by atoms with Crippen molar-refractivity contribution in [3.8, 4) is 6.07 Å². The van der Waals surface area contributed by atoms with Gasteiger partial charge in [-0.25, -0.2) is 4.98 Å². The van der Waals surface area contributed by atoms with Crippen LogP contribution in [-0.4, -0.2) is 25.5 Å². The summed E-state index contributed by atoms with van der Waals surface area (Å²) < 4.78 is 4.25. The second kappa shape index (κ2) is 6.94. The van der Waals surface area contributed by atoms with Gasteiger partial charge in [0.2, 0.25) is 0 Å². The van der Waals surface area contributed by atoms with Crippen LogP contribution in [-0.2, 0) is 4.74 Å². The first-order valence-corrected chi connectivity index (χ1v) is 4.83. The molecule has 5 heteroatoms. The number of aldehydes is 1. The van der Waals surface area contributed by atoms with E-state index in [-0.39, 0.29) is 10.8 Å². The van der Waals surface area contributed by atoms with E-state index in [0.717, 1.165) is 5.56 Å². The van der Waals surface area contributed by atoms with Gasteiger partial charge in [0.15, 0.2) is 12.0 Å². The predicted molar refractivity (Wildman–Crippen MR) is 61.8 cm³/mol. The normalized spacial score (nSPS) is 8.75. The minimum absolute atomic E-state index is 0.0862. The summed E-state index contributed by atoms with van der Waals surface area (Å²) in [4.78, 5) is 14.4. The van der Waals surface area contributed by atoms with E-state index in [1.807, 2.05) is 6.07 Å². The van der Waals surface area contributed by atoms with Crippen molar-refractivity contribution < 1.29 is 9.53 Å². The third kappa shape index (κ3) is 3.30. The molecule has 0 unspecified atom stereocenters. The Kier molecular flexibility index (Phi) is 6.31. The second-order valence-corrected chi connectivity index (χ2v) is 3.41. The van der Waals surface area contributed by atoms with Gasteiger partial charge in [-0.05, 0) is 25.0 Å². The predicted octanol–water partition coefficient (Wildman–Crippen LogP) is 2.30. The van der Waals surface area contributed by atoms with Crippen LogP contribution in [0.4, 0.5) is 0 Å². The highest BCUT2D eigenvalue weighted by atomic mass is 35.5. The number of methoxy groups -OCH3 is 1. The van der Waals surface area contributed by atoms with Crippen LogP contribution >= 0.6 is 11.6 Å². The van der Waals surface area contributed by atoms with Gasteiger partial charge in [-0.1, -0.05) is 11.6 Å². The zero-order chi connectivity index (χ0) is 12.7. The average Bonchev–Trinajstić information content (AvgIpc) is 2.26. The van der Waals surface area contributed by atoms with Gasteiger partial charge >= 0.3 is 0 Å². The highest BCUT2D eigenvalue weighted by Crippen LogP contribution is 2.20. The minimum atomic E-state index is 0.0862. The van der Waals surface area contributed by atoms with Crippen molar-refractivity contribution in [3.63, 3.8) is 0 Å². The summed E-state index contributed by atoms with van der Waals surface area (Å²) in [7, 11) is 3.25.